The fourth-order valence-corrected chi connectivity index (χ4v) is 3.37. The maximum absolute atomic E-state index is 13.0. The predicted octanol–water partition coefficient (Wildman–Crippen LogP) is 4.27. The van der Waals surface area contributed by atoms with Crippen molar-refractivity contribution in [1.82, 2.24) is 9.78 Å². The minimum absolute atomic E-state index is 0.0992. The Bertz CT molecular complexity index is 1140. The van der Waals surface area contributed by atoms with Gasteiger partial charge in [0.15, 0.2) is 0 Å². The average molecular weight is 409 g/mol. The first-order valence-corrected chi connectivity index (χ1v) is 8.78. The molecule has 0 fully saturated rings. The van der Waals surface area contributed by atoms with Crippen molar-refractivity contribution in [3.05, 3.63) is 74.2 Å². The van der Waals surface area contributed by atoms with Crippen LogP contribution < -0.4 is 5.56 Å². The number of Topliss-reactive ketones (excluding diaryl/α,β-unsaturated/α-hetero) is 1. The summed E-state index contributed by atoms with van der Waals surface area (Å²) >= 11 is 5.61. The van der Waals surface area contributed by atoms with Crippen LogP contribution in [0.3, 0.4) is 0 Å². The lowest BCUT2D eigenvalue weighted by molar-refractivity contribution is -0.137. The van der Waals surface area contributed by atoms with E-state index in [9.17, 15) is 22.8 Å². The van der Waals surface area contributed by atoms with Gasteiger partial charge in [-0.05, 0) is 30.2 Å². The molecule has 0 atom stereocenters. The largest absolute Gasteiger partial charge is 0.417 e. The van der Waals surface area contributed by atoms with Crippen molar-refractivity contribution in [3.63, 3.8) is 0 Å². The van der Waals surface area contributed by atoms with Crippen LogP contribution in [-0.2, 0) is 30.9 Å². The SMILES string of the molecule is Cc1cccc2c(CC(=O)Cc3ccc(Cl)c(C(F)(F)F)c3)nn(C)c(=O)c12. The number of carbonyl (C=O) groups excluding carboxylic acids is 1. The van der Waals surface area contributed by atoms with Gasteiger partial charge in [-0.15, -0.1) is 0 Å². The molecule has 8 heteroatoms. The molecule has 0 aliphatic heterocycles. The summed E-state index contributed by atoms with van der Waals surface area (Å²) in [4.78, 5) is 24.8. The Morgan fingerprint density at radius 1 is 1.18 bits per heavy atom. The molecule has 2 aromatic carbocycles. The van der Waals surface area contributed by atoms with Crippen LogP contribution in [0.1, 0.15) is 22.4 Å². The van der Waals surface area contributed by atoms with Crippen molar-refractivity contribution in [2.45, 2.75) is 25.9 Å². The minimum Gasteiger partial charge on any atom is -0.299 e. The summed E-state index contributed by atoms with van der Waals surface area (Å²) in [5.41, 5.74) is 0.155. The van der Waals surface area contributed by atoms with Gasteiger partial charge in [-0.3, -0.25) is 9.59 Å². The number of benzene rings is 2. The Balaban J connectivity index is 1.92. The number of halogens is 4. The van der Waals surface area contributed by atoms with E-state index in [-0.39, 0.29) is 29.7 Å². The zero-order chi connectivity index (χ0) is 20.6. The summed E-state index contributed by atoms with van der Waals surface area (Å²) < 4.78 is 40.2. The van der Waals surface area contributed by atoms with Gasteiger partial charge in [-0.25, -0.2) is 4.68 Å². The molecule has 0 unspecified atom stereocenters. The van der Waals surface area contributed by atoms with Crippen LogP contribution in [0.5, 0.6) is 0 Å². The third-order valence-electron chi connectivity index (χ3n) is 4.46. The van der Waals surface area contributed by atoms with Gasteiger partial charge in [0.05, 0.1) is 28.1 Å². The molecule has 3 aromatic rings. The number of hydrogen-bond acceptors (Lipinski definition) is 3. The molecule has 0 radical (unpaired) electrons. The maximum atomic E-state index is 13.0. The van der Waals surface area contributed by atoms with Crippen LogP contribution in [0.15, 0.2) is 41.2 Å². The van der Waals surface area contributed by atoms with Crippen LogP contribution in [0.2, 0.25) is 5.02 Å². The summed E-state index contributed by atoms with van der Waals surface area (Å²) in [7, 11) is 1.50. The summed E-state index contributed by atoms with van der Waals surface area (Å²) in [6.07, 6.45) is -4.89. The van der Waals surface area contributed by atoms with Gasteiger partial charge in [0, 0.05) is 18.9 Å². The van der Waals surface area contributed by atoms with E-state index in [2.05, 4.69) is 5.10 Å². The summed E-state index contributed by atoms with van der Waals surface area (Å²) in [5.74, 6) is -0.315. The predicted molar refractivity (Wildman–Crippen MR) is 101 cm³/mol. The highest BCUT2D eigenvalue weighted by atomic mass is 35.5. The second kappa shape index (κ2) is 7.39. The number of carbonyl (C=O) groups is 1. The maximum Gasteiger partial charge on any atom is 0.417 e. The first-order valence-electron chi connectivity index (χ1n) is 8.40. The molecule has 4 nitrogen and oxygen atoms in total. The van der Waals surface area contributed by atoms with E-state index in [1.54, 1.807) is 25.1 Å². The molecular formula is C20H16ClF3N2O2. The minimum atomic E-state index is -4.59. The van der Waals surface area contributed by atoms with Gasteiger partial charge in [0.25, 0.3) is 5.56 Å². The summed E-state index contributed by atoms with van der Waals surface area (Å²) in [6, 6.07) is 8.69. The Hall–Kier alpha value is -2.67. The van der Waals surface area contributed by atoms with E-state index in [1.807, 2.05) is 0 Å². The normalized spacial score (nSPS) is 11.8. The van der Waals surface area contributed by atoms with E-state index >= 15 is 0 Å². The molecule has 1 aromatic heterocycles. The fraction of sp³-hybridized carbons (Fsp3) is 0.250. The van der Waals surface area contributed by atoms with Gasteiger partial charge in [-0.1, -0.05) is 35.9 Å². The highest BCUT2D eigenvalue weighted by molar-refractivity contribution is 6.31. The first kappa shape index (κ1) is 20.1. The lowest BCUT2D eigenvalue weighted by atomic mass is 10.00. The molecule has 3 rings (SSSR count). The second-order valence-electron chi connectivity index (χ2n) is 6.58. The van der Waals surface area contributed by atoms with Gasteiger partial charge in [0.1, 0.15) is 5.78 Å². The Kier molecular flexibility index (Phi) is 5.30. The van der Waals surface area contributed by atoms with E-state index in [0.29, 0.717) is 16.5 Å². The third kappa shape index (κ3) is 3.94. The van der Waals surface area contributed by atoms with Gasteiger partial charge in [-0.2, -0.15) is 18.3 Å². The summed E-state index contributed by atoms with van der Waals surface area (Å²) in [5, 5.41) is 4.82. The Labute approximate surface area is 163 Å². The van der Waals surface area contributed by atoms with E-state index < -0.39 is 16.8 Å². The van der Waals surface area contributed by atoms with E-state index in [4.69, 9.17) is 11.6 Å². The molecule has 28 heavy (non-hydrogen) atoms. The summed E-state index contributed by atoms with van der Waals surface area (Å²) in [6.45, 7) is 1.79. The molecular weight excluding hydrogens is 393 g/mol. The van der Waals surface area contributed by atoms with Gasteiger partial charge < -0.3 is 0 Å². The second-order valence-corrected chi connectivity index (χ2v) is 6.98. The van der Waals surface area contributed by atoms with Crippen molar-refractivity contribution in [2.75, 3.05) is 0 Å². The molecule has 0 saturated carbocycles. The number of alkyl halides is 3. The molecule has 146 valence electrons. The Morgan fingerprint density at radius 3 is 2.57 bits per heavy atom. The van der Waals surface area contributed by atoms with Crippen molar-refractivity contribution in [1.29, 1.82) is 0 Å². The molecule has 0 bridgehead atoms. The highest BCUT2D eigenvalue weighted by Crippen LogP contribution is 2.35. The highest BCUT2D eigenvalue weighted by Gasteiger charge is 2.33. The molecule has 0 spiro atoms. The lowest BCUT2D eigenvalue weighted by Gasteiger charge is -2.11. The topological polar surface area (TPSA) is 52.0 Å². The van der Waals surface area contributed by atoms with Crippen molar-refractivity contribution < 1.29 is 18.0 Å². The lowest BCUT2D eigenvalue weighted by Crippen LogP contribution is -2.23. The molecule has 0 N–H and O–H groups in total. The zero-order valence-corrected chi connectivity index (χ0v) is 15.9. The van der Waals surface area contributed by atoms with E-state index in [1.165, 1.54) is 17.8 Å². The smallest absolute Gasteiger partial charge is 0.299 e. The standard InChI is InChI=1S/C20H16ClF3N2O2/c1-11-4-3-5-14-17(25-26(2)19(28)18(11)14)10-13(27)8-12-6-7-16(21)15(9-12)20(22,23)24/h3-7,9H,8,10H2,1-2H3. The molecule has 0 saturated heterocycles. The van der Waals surface area contributed by atoms with Crippen molar-refractivity contribution in [3.8, 4) is 0 Å². The van der Waals surface area contributed by atoms with Crippen LogP contribution in [0, 0.1) is 6.92 Å². The van der Waals surface area contributed by atoms with Crippen LogP contribution in [0.4, 0.5) is 13.2 Å². The van der Waals surface area contributed by atoms with Crippen molar-refractivity contribution in [2.24, 2.45) is 7.05 Å². The number of hydrogen-bond donors (Lipinski definition) is 0. The number of fused-ring (bicyclic) bond motifs is 1. The average Bonchev–Trinajstić information content (AvgIpc) is 2.60. The van der Waals surface area contributed by atoms with Gasteiger partial charge in [0.2, 0.25) is 0 Å². The Morgan fingerprint density at radius 2 is 1.89 bits per heavy atom. The third-order valence-corrected chi connectivity index (χ3v) is 4.79. The molecule has 0 aliphatic rings. The first-order chi connectivity index (χ1) is 13.1. The van der Waals surface area contributed by atoms with Crippen LogP contribution >= 0.6 is 11.6 Å². The quantitative estimate of drug-likeness (QED) is 0.648. The fourth-order valence-electron chi connectivity index (χ4n) is 3.14. The number of nitrogens with zero attached hydrogens (tertiary/aromatic N) is 2. The monoisotopic (exact) mass is 408 g/mol. The molecule has 0 amide bonds. The van der Waals surface area contributed by atoms with E-state index in [0.717, 1.165) is 17.7 Å². The van der Waals surface area contributed by atoms with Gasteiger partial charge >= 0.3 is 6.18 Å². The number of aryl methyl sites for hydroxylation is 2. The zero-order valence-electron chi connectivity index (χ0n) is 15.1. The number of aromatic nitrogens is 2. The number of ketones is 1. The van der Waals surface area contributed by atoms with Crippen LogP contribution in [0.25, 0.3) is 10.8 Å². The molecule has 1 heterocycles. The molecule has 0 aliphatic carbocycles. The van der Waals surface area contributed by atoms with Crippen molar-refractivity contribution >= 4 is 28.2 Å². The number of rotatable bonds is 4. The van der Waals surface area contributed by atoms with Crippen LogP contribution in [-0.4, -0.2) is 15.6 Å².